The maximum absolute atomic E-state index is 12.8. The van der Waals surface area contributed by atoms with Gasteiger partial charge in [-0.05, 0) is 12.1 Å². The van der Waals surface area contributed by atoms with Gasteiger partial charge in [0.1, 0.15) is 17.4 Å². The van der Waals surface area contributed by atoms with Crippen molar-refractivity contribution in [1.29, 1.82) is 0 Å². The Morgan fingerprint density at radius 2 is 1.64 bits per heavy atom. The molecule has 0 spiro atoms. The van der Waals surface area contributed by atoms with Crippen LogP contribution in [0.5, 0.6) is 0 Å². The van der Waals surface area contributed by atoms with Crippen molar-refractivity contribution in [3.05, 3.63) is 35.4 Å². The van der Waals surface area contributed by atoms with E-state index in [0.29, 0.717) is 0 Å². The SMILES string of the molecule is O=S(=O)(O)Cc1c(F)cccc1F.[NaH]. The van der Waals surface area contributed by atoms with Crippen molar-refractivity contribution in [3.63, 3.8) is 0 Å². The molecule has 0 radical (unpaired) electrons. The van der Waals surface area contributed by atoms with Crippen molar-refractivity contribution in [3.8, 4) is 0 Å². The van der Waals surface area contributed by atoms with Gasteiger partial charge in [0, 0.05) is 5.56 Å². The van der Waals surface area contributed by atoms with Gasteiger partial charge >= 0.3 is 29.6 Å². The summed E-state index contributed by atoms with van der Waals surface area (Å²) in [5.41, 5.74) is -0.648. The molecule has 0 heterocycles. The third-order valence-electron chi connectivity index (χ3n) is 1.39. The molecular formula is C7H7F2NaO3S. The third-order valence-corrected chi connectivity index (χ3v) is 2.04. The molecule has 14 heavy (non-hydrogen) atoms. The van der Waals surface area contributed by atoms with Crippen molar-refractivity contribution >= 4 is 39.7 Å². The first-order valence-electron chi connectivity index (χ1n) is 3.28. The van der Waals surface area contributed by atoms with Gasteiger partial charge in [-0.1, -0.05) is 6.07 Å². The van der Waals surface area contributed by atoms with Gasteiger partial charge in [0.2, 0.25) is 0 Å². The average Bonchev–Trinajstić information content (AvgIpc) is 1.95. The average molecular weight is 232 g/mol. The van der Waals surface area contributed by atoms with Gasteiger partial charge in [0.25, 0.3) is 10.1 Å². The van der Waals surface area contributed by atoms with Gasteiger partial charge in [-0.15, -0.1) is 0 Å². The Hall–Kier alpha value is -0.0100. The van der Waals surface area contributed by atoms with Crippen LogP contribution in [0.15, 0.2) is 18.2 Å². The van der Waals surface area contributed by atoms with E-state index in [1.807, 2.05) is 0 Å². The molecule has 1 aromatic rings. The van der Waals surface area contributed by atoms with Gasteiger partial charge in [-0.3, -0.25) is 4.55 Å². The van der Waals surface area contributed by atoms with Crippen LogP contribution in [-0.2, 0) is 15.9 Å². The third kappa shape index (κ3) is 4.02. The van der Waals surface area contributed by atoms with Crippen LogP contribution in [0, 0.1) is 11.6 Å². The van der Waals surface area contributed by atoms with Crippen LogP contribution in [0.2, 0.25) is 0 Å². The fourth-order valence-electron chi connectivity index (χ4n) is 0.853. The fourth-order valence-corrected chi connectivity index (χ4v) is 1.49. The minimum atomic E-state index is -4.40. The summed E-state index contributed by atoms with van der Waals surface area (Å²) in [6.45, 7) is 0. The van der Waals surface area contributed by atoms with Crippen LogP contribution in [0.1, 0.15) is 5.56 Å². The zero-order valence-corrected chi connectivity index (χ0v) is 7.18. The molecule has 74 valence electrons. The Morgan fingerprint density at radius 1 is 1.21 bits per heavy atom. The topological polar surface area (TPSA) is 54.4 Å². The van der Waals surface area contributed by atoms with Crippen molar-refractivity contribution in [2.45, 2.75) is 5.75 Å². The van der Waals surface area contributed by atoms with Gasteiger partial charge in [-0.25, -0.2) is 8.78 Å². The van der Waals surface area contributed by atoms with E-state index < -0.39 is 33.1 Å². The number of hydrogen-bond donors (Lipinski definition) is 1. The molecule has 7 heteroatoms. The van der Waals surface area contributed by atoms with Crippen molar-refractivity contribution in [2.75, 3.05) is 0 Å². The van der Waals surface area contributed by atoms with Crippen molar-refractivity contribution in [1.82, 2.24) is 0 Å². The molecule has 0 saturated heterocycles. The van der Waals surface area contributed by atoms with Crippen molar-refractivity contribution < 1.29 is 21.8 Å². The van der Waals surface area contributed by atoms with Gasteiger partial charge in [0.15, 0.2) is 0 Å². The number of halogens is 2. The Labute approximate surface area is 102 Å². The second-order valence-corrected chi connectivity index (χ2v) is 3.88. The quantitative estimate of drug-likeness (QED) is 0.603. The molecular weight excluding hydrogens is 225 g/mol. The van der Waals surface area contributed by atoms with Gasteiger partial charge in [-0.2, -0.15) is 8.42 Å². The molecule has 0 aliphatic rings. The van der Waals surface area contributed by atoms with Crippen LogP contribution in [-0.4, -0.2) is 42.5 Å². The predicted octanol–water partition coefficient (Wildman–Crippen LogP) is 0.704. The molecule has 1 N–H and O–H groups in total. The molecule has 0 aliphatic heterocycles. The summed E-state index contributed by atoms with van der Waals surface area (Å²) in [6, 6.07) is 2.95. The van der Waals surface area contributed by atoms with E-state index in [4.69, 9.17) is 4.55 Å². The standard InChI is InChI=1S/C7H6F2O3S.Na.H/c8-6-2-1-3-7(9)5(6)4-13(10,11)12;;/h1-3H,4H2,(H,10,11,12);;. The predicted molar refractivity (Wildman–Crippen MR) is 48.8 cm³/mol. The Morgan fingerprint density at radius 3 is 2.00 bits per heavy atom. The summed E-state index contributed by atoms with van der Waals surface area (Å²) < 4.78 is 54.5. The van der Waals surface area contributed by atoms with Gasteiger partial charge in [0.05, 0.1) is 0 Å². The Kier molecular flexibility index (Phi) is 5.17. The van der Waals surface area contributed by atoms with E-state index in [-0.39, 0.29) is 29.6 Å². The number of rotatable bonds is 2. The van der Waals surface area contributed by atoms with E-state index in [0.717, 1.165) is 18.2 Å². The van der Waals surface area contributed by atoms with Crippen LogP contribution in [0.4, 0.5) is 8.78 Å². The second kappa shape index (κ2) is 5.18. The summed E-state index contributed by atoms with van der Waals surface area (Å²) in [6.07, 6.45) is 0. The summed E-state index contributed by atoms with van der Waals surface area (Å²) in [7, 11) is -4.40. The molecule has 0 saturated carbocycles. The van der Waals surface area contributed by atoms with Crippen LogP contribution < -0.4 is 0 Å². The summed E-state index contributed by atoms with van der Waals surface area (Å²) >= 11 is 0. The molecule has 0 atom stereocenters. The summed E-state index contributed by atoms with van der Waals surface area (Å²) in [4.78, 5) is 0. The van der Waals surface area contributed by atoms with Gasteiger partial charge < -0.3 is 0 Å². The molecule has 1 aromatic carbocycles. The number of benzene rings is 1. The summed E-state index contributed by atoms with van der Waals surface area (Å²) in [5.74, 6) is -3.03. The zero-order chi connectivity index (χ0) is 10.1. The van der Waals surface area contributed by atoms with Crippen LogP contribution >= 0.6 is 0 Å². The van der Waals surface area contributed by atoms with E-state index in [1.165, 1.54) is 0 Å². The van der Waals surface area contributed by atoms with Crippen LogP contribution in [0.3, 0.4) is 0 Å². The monoisotopic (exact) mass is 232 g/mol. The second-order valence-electron chi connectivity index (χ2n) is 2.43. The zero-order valence-electron chi connectivity index (χ0n) is 6.37. The molecule has 0 unspecified atom stereocenters. The number of hydrogen-bond acceptors (Lipinski definition) is 2. The van der Waals surface area contributed by atoms with Crippen LogP contribution in [0.25, 0.3) is 0 Å². The van der Waals surface area contributed by atoms with Crippen molar-refractivity contribution in [2.24, 2.45) is 0 Å². The van der Waals surface area contributed by atoms with E-state index in [1.54, 1.807) is 0 Å². The molecule has 0 aromatic heterocycles. The van der Waals surface area contributed by atoms with E-state index >= 15 is 0 Å². The first-order valence-corrected chi connectivity index (χ1v) is 4.89. The first-order chi connectivity index (χ1) is 5.90. The maximum atomic E-state index is 12.8. The molecule has 1 rings (SSSR count). The Balaban J connectivity index is 0.00000169. The fraction of sp³-hybridized carbons (Fsp3) is 0.143. The Bertz CT molecular complexity index is 399. The minimum absolute atomic E-state index is 0. The first kappa shape index (κ1) is 14.0. The molecule has 0 bridgehead atoms. The molecule has 0 fully saturated rings. The molecule has 0 aliphatic carbocycles. The normalized spacial score (nSPS) is 10.8. The molecule has 0 amide bonds. The van der Waals surface area contributed by atoms with E-state index in [2.05, 4.69) is 0 Å². The summed E-state index contributed by atoms with van der Waals surface area (Å²) in [5, 5.41) is 0. The molecule has 3 nitrogen and oxygen atoms in total. The van der Waals surface area contributed by atoms with E-state index in [9.17, 15) is 17.2 Å².